The summed E-state index contributed by atoms with van der Waals surface area (Å²) in [5.74, 6) is 0.401. The Hall–Kier alpha value is -1.59. The molecule has 0 aliphatic rings. The normalized spacial score (nSPS) is 11.0. The highest BCUT2D eigenvalue weighted by Gasteiger charge is 2.11. The maximum absolute atomic E-state index is 5.98. The summed E-state index contributed by atoms with van der Waals surface area (Å²) in [4.78, 5) is 8.57. The summed E-state index contributed by atoms with van der Waals surface area (Å²) < 4.78 is 2.59. The van der Waals surface area contributed by atoms with Crippen LogP contribution in [0.25, 0.3) is 16.9 Å². The number of nitrogen functional groups attached to an aromatic ring is 1. The van der Waals surface area contributed by atoms with Crippen molar-refractivity contribution in [3.8, 4) is 5.69 Å². The molecule has 0 saturated carbocycles. The minimum atomic E-state index is 0.401. The molecule has 0 amide bonds. The van der Waals surface area contributed by atoms with Crippen molar-refractivity contribution in [1.29, 1.82) is 0 Å². The maximum atomic E-state index is 5.98. The lowest BCUT2D eigenvalue weighted by molar-refractivity contribution is 1.08. The third-order valence-electron chi connectivity index (χ3n) is 2.60. The van der Waals surface area contributed by atoms with E-state index in [1.54, 1.807) is 16.8 Å². The van der Waals surface area contributed by atoms with Gasteiger partial charge in [-0.05, 0) is 46.3 Å². The molecule has 0 aliphatic carbocycles. The van der Waals surface area contributed by atoms with Gasteiger partial charge in [-0.25, -0.2) is 9.97 Å². The molecule has 2 N–H and O–H groups in total. The Morgan fingerprint density at radius 1 is 1.28 bits per heavy atom. The molecule has 0 saturated heterocycles. The van der Waals surface area contributed by atoms with Gasteiger partial charge in [-0.1, -0.05) is 11.6 Å². The highest BCUT2D eigenvalue weighted by atomic mass is 79.9. The van der Waals surface area contributed by atoms with Gasteiger partial charge < -0.3 is 5.73 Å². The van der Waals surface area contributed by atoms with Crippen LogP contribution < -0.4 is 5.73 Å². The van der Waals surface area contributed by atoms with Gasteiger partial charge in [0.1, 0.15) is 5.52 Å². The average Bonchev–Trinajstić information content (AvgIpc) is 2.69. The zero-order valence-electron chi connectivity index (χ0n) is 9.14. The molecule has 0 unspecified atom stereocenters. The molecule has 0 bridgehead atoms. The largest absolute Gasteiger partial charge is 0.369 e. The fraction of sp³-hybridized carbons (Fsp3) is 0. The molecule has 90 valence electrons. The third kappa shape index (κ3) is 1.76. The first-order chi connectivity index (χ1) is 8.66. The van der Waals surface area contributed by atoms with Crippen LogP contribution >= 0.6 is 27.5 Å². The minimum Gasteiger partial charge on any atom is -0.369 e. The first-order valence-electron chi connectivity index (χ1n) is 5.21. The molecular weight excluding hydrogens is 316 g/mol. The van der Waals surface area contributed by atoms with Gasteiger partial charge in [0, 0.05) is 10.7 Å². The summed E-state index contributed by atoms with van der Waals surface area (Å²) in [5, 5.41) is 0.648. The smallest absolute Gasteiger partial charge is 0.207 e. The van der Waals surface area contributed by atoms with Crippen molar-refractivity contribution in [2.75, 3.05) is 5.73 Å². The Bertz CT molecular complexity index is 738. The summed E-state index contributed by atoms with van der Waals surface area (Å²) in [5.41, 5.74) is 8.29. The lowest BCUT2D eigenvalue weighted by Crippen LogP contribution is -2.01. The number of benzene rings is 1. The number of pyridine rings is 1. The predicted molar refractivity (Wildman–Crippen MR) is 76.0 cm³/mol. The fourth-order valence-corrected chi connectivity index (χ4v) is 2.29. The molecule has 3 aromatic rings. The van der Waals surface area contributed by atoms with Gasteiger partial charge in [0.05, 0.1) is 10.7 Å². The molecule has 4 nitrogen and oxygen atoms in total. The number of aromatic nitrogens is 3. The van der Waals surface area contributed by atoms with E-state index in [9.17, 15) is 0 Å². The van der Waals surface area contributed by atoms with Gasteiger partial charge in [-0.2, -0.15) is 0 Å². The van der Waals surface area contributed by atoms with Crippen molar-refractivity contribution < 1.29 is 0 Å². The van der Waals surface area contributed by atoms with Crippen LogP contribution in [0.4, 0.5) is 5.95 Å². The number of imidazole rings is 1. The zero-order chi connectivity index (χ0) is 12.7. The number of nitrogens with zero attached hydrogens (tertiary/aromatic N) is 3. The second-order valence-electron chi connectivity index (χ2n) is 3.75. The number of rotatable bonds is 1. The van der Waals surface area contributed by atoms with E-state index in [0.717, 1.165) is 21.3 Å². The van der Waals surface area contributed by atoms with Crippen molar-refractivity contribution >= 4 is 44.6 Å². The van der Waals surface area contributed by atoms with E-state index in [4.69, 9.17) is 17.3 Å². The zero-order valence-corrected chi connectivity index (χ0v) is 11.5. The number of nitrogens with two attached hydrogens (primary N) is 1. The summed E-state index contributed by atoms with van der Waals surface area (Å²) in [6.45, 7) is 0. The van der Waals surface area contributed by atoms with Crippen LogP contribution in [0.3, 0.4) is 0 Å². The Balaban J connectivity index is 2.30. The second-order valence-corrected chi connectivity index (χ2v) is 5.01. The SMILES string of the molecule is Nc1nc2cccnc2n1-c1ccc(Cl)c(Br)c1. The second kappa shape index (κ2) is 4.26. The predicted octanol–water partition coefficient (Wildman–Crippen LogP) is 3.42. The molecule has 0 aliphatic heterocycles. The Morgan fingerprint density at radius 2 is 2.11 bits per heavy atom. The van der Waals surface area contributed by atoms with Crippen LogP contribution in [0.2, 0.25) is 5.02 Å². The van der Waals surface area contributed by atoms with E-state index >= 15 is 0 Å². The standard InChI is InChI=1S/C12H8BrClN4/c13-8-6-7(3-4-9(8)14)18-11-10(17-12(18)15)2-1-5-16-11/h1-6H,(H2,15,17). The first-order valence-corrected chi connectivity index (χ1v) is 6.38. The van der Waals surface area contributed by atoms with Crippen molar-refractivity contribution in [2.24, 2.45) is 0 Å². The van der Waals surface area contributed by atoms with E-state index in [0.29, 0.717) is 11.0 Å². The molecule has 0 radical (unpaired) electrons. The quantitative estimate of drug-likeness (QED) is 0.746. The third-order valence-corrected chi connectivity index (χ3v) is 3.82. The van der Waals surface area contributed by atoms with Gasteiger partial charge >= 0.3 is 0 Å². The van der Waals surface area contributed by atoms with Gasteiger partial charge in [0.15, 0.2) is 5.65 Å². The average molecular weight is 324 g/mol. The molecule has 0 spiro atoms. The molecular formula is C12H8BrClN4. The Labute approximate surface area is 117 Å². The Kier molecular flexibility index (Phi) is 2.72. The van der Waals surface area contributed by atoms with Crippen molar-refractivity contribution in [3.05, 3.63) is 46.0 Å². The number of hydrogen-bond acceptors (Lipinski definition) is 3. The molecule has 1 aromatic carbocycles. The number of anilines is 1. The molecule has 2 aromatic heterocycles. The van der Waals surface area contributed by atoms with Gasteiger partial charge in [-0.3, -0.25) is 4.57 Å². The van der Waals surface area contributed by atoms with Gasteiger partial charge in [0.2, 0.25) is 5.95 Å². The Morgan fingerprint density at radius 3 is 2.89 bits per heavy atom. The number of halogens is 2. The summed E-state index contributed by atoms with van der Waals surface area (Å²) in [6, 6.07) is 9.26. The topological polar surface area (TPSA) is 56.7 Å². The van der Waals surface area contributed by atoms with Gasteiger partial charge in [0.25, 0.3) is 0 Å². The molecule has 3 rings (SSSR count). The highest BCUT2D eigenvalue weighted by Crippen LogP contribution is 2.28. The molecule has 2 heterocycles. The van der Waals surface area contributed by atoms with Crippen LogP contribution in [0.5, 0.6) is 0 Å². The van der Waals surface area contributed by atoms with E-state index in [-0.39, 0.29) is 0 Å². The van der Waals surface area contributed by atoms with Crippen LogP contribution in [0.15, 0.2) is 41.0 Å². The van der Waals surface area contributed by atoms with E-state index in [2.05, 4.69) is 25.9 Å². The van der Waals surface area contributed by atoms with Crippen LogP contribution in [0, 0.1) is 0 Å². The van der Waals surface area contributed by atoms with E-state index in [1.807, 2.05) is 24.3 Å². The van der Waals surface area contributed by atoms with Crippen LogP contribution in [0.1, 0.15) is 0 Å². The monoisotopic (exact) mass is 322 g/mol. The van der Waals surface area contributed by atoms with E-state index in [1.165, 1.54) is 0 Å². The summed E-state index contributed by atoms with van der Waals surface area (Å²) in [6.07, 6.45) is 1.71. The minimum absolute atomic E-state index is 0.401. The summed E-state index contributed by atoms with van der Waals surface area (Å²) in [7, 11) is 0. The fourth-order valence-electron chi connectivity index (χ4n) is 1.81. The lowest BCUT2D eigenvalue weighted by atomic mass is 10.3. The van der Waals surface area contributed by atoms with Gasteiger partial charge in [-0.15, -0.1) is 0 Å². The molecule has 0 atom stereocenters. The highest BCUT2D eigenvalue weighted by molar-refractivity contribution is 9.10. The van der Waals surface area contributed by atoms with Crippen molar-refractivity contribution in [2.45, 2.75) is 0 Å². The number of fused-ring (bicyclic) bond motifs is 1. The van der Waals surface area contributed by atoms with E-state index < -0.39 is 0 Å². The summed E-state index contributed by atoms with van der Waals surface area (Å²) >= 11 is 9.37. The molecule has 6 heteroatoms. The molecule has 0 fully saturated rings. The first kappa shape index (κ1) is 11.5. The molecule has 18 heavy (non-hydrogen) atoms. The van der Waals surface area contributed by atoms with Crippen molar-refractivity contribution in [1.82, 2.24) is 14.5 Å². The van der Waals surface area contributed by atoms with Crippen LogP contribution in [-0.4, -0.2) is 14.5 Å². The van der Waals surface area contributed by atoms with Crippen LogP contribution in [-0.2, 0) is 0 Å². The number of hydrogen-bond donors (Lipinski definition) is 1. The van der Waals surface area contributed by atoms with Crippen molar-refractivity contribution in [3.63, 3.8) is 0 Å². The lowest BCUT2D eigenvalue weighted by Gasteiger charge is -2.06. The maximum Gasteiger partial charge on any atom is 0.207 e.